The van der Waals surface area contributed by atoms with Crippen LogP contribution >= 0.6 is 0 Å². The smallest absolute Gasteiger partial charge is 0.287 e. The number of guanidine groups is 1. The van der Waals surface area contributed by atoms with Gasteiger partial charge >= 0.3 is 0 Å². The monoisotopic (exact) mass is 319 g/mol. The van der Waals surface area contributed by atoms with E-state index in [0.29, 0.717) is 11.8 Å². The molecule has 1 aromatic heterocycles. The van der Waals surface area contributed by atoms with E-state index in [-0.39, 0.29) is 4.59 Å². The minimum absolute atomic E-state index is 0.121. The molecule has 2 aliphatic heterocycles. The zero-order valence-corrected chi connectivity index (χ0v) is 13.0. The number of nitrogens with one attached hydrogen (secondary N) is 1. The van der Waals surface area contributed by atoms with Gasteiger partial charge in [0.05, 0.1) is 19.5 Å². The standard InChI is InChI=1S/C17H15N6O/c1-24-15-6-4-13(5-7-15)20-17-21-16-12-19-9-10-23(16,22-17)14-3-2-8-18-11-14/h2-12H,1H3,(H,20,22)/q+1. The van der Waals surface area contributed by atoms with Crippen molar-refractivity contribution in [3.8, 4) is 5.75 Å². The van der Waals surface area contributed by atoms with Crippen LogP contribution in [0.3, 0.4) is 0 Å². The van der Waals surface area contributed by atoms with Gasteiger partial charge in [0.15, 0.2) is 11.9 Å². The van der Waals surface area contributed by atoms with E-state index in [1.807, 2.05) is 42.6 Å². The molecular formula is C17H15N6O+. The molecule has 24 heavy (non-hydrogen) atoms. The van der Waals surface area contributed by atoms with E-state index in [0.717, 1.165) is 17.1 Å². The van der Waals surface area contributed by atoms with Crippen molar-refractivity contribution in [3.05, 3.63) is 61.2 Å². The van der Waals surface area contributed by atoms with Gasteiger partial charge in [-0.05, 0) is 35.4 Å². The van der Waals surface area contributed by atoms with E-state index >= 15 is 0 Å². The Bertz CT molecular complexity index is 870. The third kappa shape index (κ3) is 2.37. The van der Waals surface area contributed by atoms with Crippen molar-refractivity contribution >= 4 is 29.4 Å². The lowest BCUT2D eigenvalue weighted by Crippen LogP contribution is -2.44. The number of fused-ring (bicyclic) bond motifs is 1. The molecule has 0 amide bonds. The van der Waals surface area contributed by atoms with Gasteiger partial charge in [-0.25, -0.2) is 0 Å². The molecule has 0 bridgehead atoms. The highest BCUT2D eigenvalue weighted by Gasteiger charge is 2.42. The van der Waals surface area contributed by atoms with E-state index in [1.165, 1.54) is 0 Å². The van der Waals surface area contributed by atoms with Crippen molar-refractivity contribution in [2.45, 2.75) is 0 Å². The zero-order chi connectivity index (χ0) is 16.4. The van der Waals surface area contributed by atoms with Crippen LogP contribution in [0.25, 0.3) is 0 Å². The summed E-state index contributed by atoms with van der Waals surface area (Å²) >= 11 is 0. The molecule has 2 aliphatic rings. The predicted octanol–water partition coefficient (Wildman–Crippen LogP) is 2.75. The molecule has 3 heterocycles. The number of hydrogen-bond acceptors (Lipinski definition) is 6. The number of hydrogen-bond donors (Lipinski definition) is 1. The van der Waals surface area contributed by atoms with Crippen LogP contribution in [0.15, 0.2) is 76.3 Å². The first-order valence-electron chi connectivity index (χ1n) is 7.41. The number of pyridine rings is 1. The molecule has 118 valence electrons. The Hall–Kier alpha value is -3.32. The Labute approximate surface area is 138 Å². The normalized spacial score (nSPS) is 21.0. The molecule has 0 radical (unpaired) electrons. The highest BCUT2D eigenvalue weighted by molar-refractivity contribution is 6.38. The van der Waals surface area contributed by atoms with Crippen LogP contribution in [0.2, 0.25) is 0 Å². The summed E-state index contributed by atoms with van der Waals surface area (Å²) in [6.45, 7) is 0. The van der Waals surface area contributed by atoms with Crippen molar-refractivity contribution in [2.75, 3.05) is 12.4 Å². The minimum atomic E-state index is 0.121. The van der Waals surface area contributed by atoms with Crippen molar-refractivity contribution in [2.24, 2.45) is 15.1 Å². The molecule has 0 fully saturated rings. The fraction of sp³-hybridized carbons (Fsp3) is 0.0588. The number of aliphatic imine (C=N–C) groups is 2. The number of quaternary nitrogens is 1. The maximum Gasteiger partial charge on any atom is 0.287 e. The number of nitrogens with zero attached hydrogens (tertiary/aromatic N) is 5. The van der Waals surface area contributed by atoms with E-state index in [2.05, 4.69) is 20.3 Å². The second kappa shape index (κ2) is 5.71. The number of rotatable bonds is 3. The van der Waals surface area contributed by atoms with Crippen molar-refractivity contribution in [3.63, 3.8) is 0 Å². The molecule has 1 atom stereocenters. The van der Waals surface area contributed by atoms with Gasteiger partial charge in [0.1, 0.15) is 12.0 Å². The number of anilines is 1. The van der Waals surface area contributed by atoms with Crippen LogP contribution in [0.5, 0.6) is 5.75 Å². The van der Waals surface area contributed by atoms with Gasteiger partial charge in [-0.3, -0.25) is 9.98 Å². The van der Waals surface area contributed by atoms with Crippen LogP contribution in [0.1, 0.15) is 0 Å². The summed E-state index contributed by atoms with van der Waals surface area (Å²) in [7, 11) is 1.64. The molecule has 4 rings (SSSR count). The van der Waals surface area contributed by atoms with Gasteiger partial charge in [-0.15, -0.1) is 0 Å². The van der Waals surface area contributed by atoms with Gasteiger partial charge in [0.25, 0.3) is 11.8 Å². The van der Waals surface area contributed by atoms with Gasteiger partial charge in [0.2, 0.25) is 0 Å². The van der Waals surface area contributed by atoms with Crippen LogP contribution in [0.4, 0.5) is 11.4 Å². The Kier molecular flexibility index (Phi) is 3.40. The van der Waals surface area contributed by atoms with Gasteiger partial charge in [-0.2, -0.15) is 4.99 Å². The lowest BCUT2D eigenvalue weighted by atomic mass is 10.3. The summed E-state index contributed by atoms with van der Waals surface area (Å²) in [6, 6.07) is 11.4. The first kappa shape index (κ1) is 14.3. The van der Waals surface area contributed by atoms with Crippen LogP contribution in [-0.4, -0.2) is 30.1 Å². The molecule has 7 nitrogen and oxygen atoms in total. The first-order valence-corrected chi connectivity index (χ1v) is 7.41. The Morgan fingerprint density at radius 2 is 2.00 bits per heavy atom. The summed E-state index contributed by atoms with van der Waals surface area (Å²) in [5.74, 6) is 2.02. The Morgan fingerprint density at radius 1 is 1.12 bits per heavy atom. The SMILES string of the molecule is COc1ccc(NC2=N[N+]3(c4cccnc4)C=CN=CC3=N2)cc1. The summed E-state index contributed by atoms with van der Waals surface area (Å²) < 4.78 is 5.29. The molecule has 7 heteroatoms. The van der Waals surface area contributed by atoms with E-state index < -0.39 is 0 Å². The molecule has 0 spiro atoms. The number of ether oxygens (including phenoxy) is 1. The fourth-order valence-electron chi connectivity index (χ4n) is 2.57. The predicted molar refractivity (Wildman–Crippen MR) is 95.1 cm³/mol. The summed E-state index contributed by atoms with van der Waals surface area (Å²) in [5.41, 5.74) is 1.77. The minimum Gasteiger partial charge on any atom is -0.497 e. The third-order valence-electron chi connectivity index (χ3n) is 3.77. The average Bonchev–Trinajstić information content (AvgIpc) is 3.02. The van der Waals surface area contributed by atoms with E-state index in [9.17, 15) is 0 Å². The average molecular weight is 319 g/mol. The van der Waals surface area contributed by atoms with Crippen molar-refractivity contribution in [1.82, 2.24) is 9.58 Å². The molecule has 0 saturated carbocycles. The summed E-state index contributed by atoms with van der Waals surface area (Å²) in [6.07, 6.45) is 8.80. The lowest BCUT2D eigenvalue weighted by Gasteiger charge is -2.23. The second-order valence-electron chi connectivity index (χ2n) is 5.22. The molecule has 0 saturated heterocycles. The van der Waals surface area contributed by atoms with Crippen LogP contribution in [-0.2, 0) is 0 Å². The van der Waals surface area contributed by atoms with Crippen molar-refractivity contribution < 1.29 is 4.74 Å². The first-order chi connectivity index (χ1) is 11.8. The summed E-state index contributed by atoms with van der Waals surface area (Å²) in [5, 5.41) is 7.96. The lowest BCUT2D eigenvalue weighted by molar-refractivity contribution is 0.415. The largest absolute Gasteiger partial charge is 0.497 e. The number of amidine groups is 1. The molecule has 2 aromatic rings. The highest BCUT2D eigenvalue weighted by atomic mass is 16.5. The van der Waals surface area contributed by atoms with Gasteiger partial charge in [0, 0.05) is 18.0 Å². The molecule has 1 aromatic carbocycles. The van der Waals surface area contributed by atoms with Gasteiger partial charge in [-0.1, -0.05) is 4.59 Å². The zero-order valence-electron chi connectivity index (χ0n) is 13.0. The topological polar surface area (TPSA) is 71.2 Å². The van der Waals surface area contributed by atoms with E-state index in [1.54, 1.807) is 31.9 Å². The maximum atomic E-state index is 5.17. The second-order valence-corrected chi connectivity index (χ2v) is 5.22. The Balaban J connectivity index is 1.69. The number of aromatic nitrogens is 1. The van der Waals surface area contributed by atoms with Crippen molar-refractivity contribution in [1.29, 1.82) is 0 Å². The van der Waals surface area contributed by atoms with Gasteiger partial charge < -0.3 is 10.1 Å². The molecule has 1 unspecified atom stereocenters. The van der Waals surface area contributed by atoms with Crippen LogP contribution < -0.4 is 14.6 Å². The molecular weight excluding hydrogens is 304 g/mol. The fourth-order valence-corrected chi connectivity index (χ4v) is 2.57. The number of methoxy groups -OCH3 is 1. The third-order valence-corrected chi connectivity index (χ3v) is 3.77. The number of benzene rings is 1. The maximum absolute atomic E-state index is 5.17. The quantitative estimate of drug-likeness (QED) is 0.884. The Morgan fingerprint density at radius 3 is 2.75 bits per heavy atom. The van der Waals surface area contributed by atoms with E-state index in [4.69, 9.17) is 9.84 Å². The summed E-state index contributed by atoms with van der Waals surface area (Å²) in [4.78, 5) is 12.9. The highest BCUT2D eigenvalue weighted by Crippen LogP contribution is 2.30. The van der Waals surface area contributed by atoms with Crippen LogP contribution in [0, 0.1) is 0 Å². The molecule has 1 N–H and O–H groups in total. The molecule has 0 aliphatic carbocycles.